The molecule has 0 aliphatic carbocycles. The summed E-state index contributed by atoms with van der Waals surface area (Å²) in [6.07, 6.45) is -0.595. The number of amides is 1. The summed E-state index contributed by atoms with van der Waals surface area (Å²) >= 11 is 0. The molecule has 1 aliphatic heterocycles. The van der Waals surface area contributed by atoms with Gasteiger partial charge in [-0.2, -0.15) is 0 Å². The maximum Gasteiger partial charge on any atom is 0.282 e. The first kappa shape index (κ1) is 7.91. The fourth-order valence-electron chi connectivity index (χ4n) is 1.24. The van der Waals surface area contributed by atoms with Crippen LogP contribution in [0.1, 0.15) is 0 Å². The van der Waals surface area contributed by atoms with Gasteiger partial charge < -0.3 is 15.4 Å². The predicted molar refractivity (Wildman–Crippen MR) is 48.5 cm³/mol. The molecular formula is C9H10N2O2. The van der Waals surface area contributed by atoms with Crippen molar-refractivity contribution in [3.63, 3.8) is 0 Å². The lowest BCUT2D eigenvalue weighted by Crippen LogP contribution is -2.38. The largest absolute Gasteiger partial charge is 0.459 e. The second-order valence-corrected chi connectivity index (χ2v) is 2.75. The van der Waals surface area contributed by atoms with E-state index in [4.69, 9.17) is 4.74 Å². The van der Waals surface area contributed by atoms with Crippen molar-refractivity contribution in [2.24, 2.45) is 0 Å². The van der Waals surface area contributed by atoms with Crippen LogP contribution < -0.4 is 15.4 Å². The molecule has 0 spiro atoms. The summed E-state index contributed by atoms with van der Waals surface area (Å²) < 4.78 is 5.34. The fourth-order valence-corrected chi connectivity index (χ4v) is 1.24. The third-order valence-electron chi connectivity index (χ3n) is 1.90. The molecule has 68 valence electrons. The van der Waals surface area contributed by atoms with Gasteiger partial charge in [-0.3, -0.25) is 4.79 Å². The Labute approximate surface area is 75.9 Å². The summed E-state index contributed by atoms with van der Waals surface area (Å²) in [6, 6.07) is 7.46. The number of nitrogens with one attached hydrogen (secondary N) is 2. The van der Waals surface area contributed by atoms with E-state index < -0.39 is 6.23 Å². The molecule has 0 saturated carbocycles. The Kier molecular flexibility index (Phi) is 1.81. The van der Waals surface area contributed by atoms with E-state index in [-0.39, 0.29) is 5.91 Å². The van der Waals surface area contributed by atoms with Crippen LogP contribution in [-0.2, 0) is 4.79 Å². The molecule has 1 unspecified atom stereocenters. The SMILES string of the molecule is CNC(=O)C1Nc2ccccc2O1. The van der Waals surface area contributed by atoms with E-state index in [2.05, 4.69) is 10.6 Å². The van der Waals surface area contributed by atoms with Crippen LogP contribution in [0.15, 0.2) is 24.3 Å². The van der Waals surface area contributed by atoms with Gasteiger partial charge in [0.2, 0.25) is 6.23 Å². The predicted octanol–water partition coefficient (Wildman–Crippen LogP) is 0.563. The van der Waals surface area contributed by atoms with E-state index in [1.807, 2.05) is 24.3 Å². The van der Waals surface area contributed by atoms with E-state index in [1.165, 1.54) is 0 Å². The maximum absolute atomic E-state index is 11.2. The number of fused-ring (bicyclic) bond motifs is 1. The molecule has 4 nitrogen and oxygen atoms in total. The molecule has 2 rings (SSSR count). The van der Waals surface area contributed by atoms with Gasteiger partial charge in [-0.15, -0.1) is 0 Å². The van der Waals surface area contributed by atoms with Crippen molar-refractivity contribution < 1.29 is 9.53 Å². The van der Waals surface area contributed by atoms with Crippen molar-refractivity contribution in [3.05, 3.63) is 24.3 Å². The lowest BCUT2D eigenvalue weighted by molar-refractivity contribution is -0.125. The summed E-state index contributed by atoms with van der Waals surface area (Å²) in [5, 5.41) is 5.47. The smallest absolute Gasteiger partial charge is 0.282 e. The van der Waals surface area contributed by atoms with Crippen LogP contribution in [0.2, 0.25) is 0 Å². The zero-order chi connectivity index (χ0) is 9.26. The highest BCUT2D eigenvalue weighted by Crippen LogP contribution is 2.30. The van der Waals surface area contributed by atoms with Gasteiger partial charge in [-0.25, -0.2) is 0 Å². The molecule has 1 amide bonds. The minimum Gasteiger partial charge on any atom is -0.459 e. The number of benzene rings is 1. The van der Waals surface area contributed by atoms with E-state index in [0.717, 1.165) is 11.4 Å². The molecule has 1 aromatic carbocycles. The molecule has 2 N–H and O–H groups in total. The summed E-state index contributed by atoms with van der Waals surface area (Å²) in [7, 11) is 1.58. The number of rotatable bonds is 1. The Balaban J connectivity index is 2.18. The van der Waals surface area contributed by atoms with Crippen molar-refractivity contribution in [1.82, 2.24) is 5.32 Å². The van der Waals surface area contributed by atoms with Crippen molar-refractivity contribution in [2.45, 2.75) is 6.23 Å². The number of ether oxygens (including phenoxy) is 1. The van der Waals surface area contributed by atoms with Gasteiger partial charge in [0, 0.05) is 7.05 Å². The highest BCUT2D eigenvalue weighted by Gasteiger charge is 2.26. The Morgan fingerprint density at radius 3 is 3.00 bits per heavy atom. The van der Waals surface area contributed by atoms with Crippen molar-refractivity contribution in [3.8, 4) is 5.75 Å². The number of para-hydroxylation sites is 2. The van der Waals surface area contributed by atoms with Crippen LogP contribution in [0, 0.1) is 0 Å². The Morgan fingerprint density at radius 2 is 2.31 bits per heavy atom. The molecule has 1 atom stereocenters. The van der Waals surface area contributed by atoms with Gasteiger partial charge in [-0.1, -0.05) is 12.1 Å². The summed E-state index contributed by atoms with van der Waals surface area (Å²) in [5.74, 6) is 0.548. The average Bonchev–Trinajstić information content (AvgIpc) is 2.59. The minimum atomic E-state index is -0.595. The van der Waals surface area contributed by atoms with Crippen LogP contribution in [0.3, 0.4) is 0 Å². The highest BCUT2D eigenvalue weighted by atomic mass is 16.5. The Morgan fingerprint density at radius 1 is 1.54 bits per heavy atom. The Hall–Kier alpha value is -1.71. The van der Waals surface area contributed by atoms with Gasteiger partial charge in [0.15, 0.2) is 0 Å². The number of carbonyl (C=O) groups is 1. The monoisotopic (exact) mass is 178 g/mol. The van der Waals surface area contributed by atoms with Gasteiger partial charge in [-0.05, 0) is 12.1 Å². The van der Waals surface area contributed by atoms with Crippen molar-refractivity contribution in [2.75, 3.05) is 12.4 Å². The number of likely N-dealkylation sites (N-methyl/N-ethyl adjacent to an activating group) is 1. The molecule has 0 saturated heterocycles. The van der Waals surface area contributed by atoms with Crippen molar-refractivity contribution >= 4 is 11.6 Å². The molecule has 0 radical (unpaired) electrons. The van der Waals surface area contributed by atoms with Gasteiger partial charge in [0.1, 0.15) is 5.75 Å². The second-order valence-electron chi connectivity index (χ2n) is 2.75. The summed E-state index contributed by atoms with van der Waals surface area (Å²) in [6.45, 7) is 0. The summed E-state index contributed by atoms with van der Waals surface area (Å²) in [4.78, 5) is 11.2. The molecule has 1 heterocycles. The first-order valence-electron chi connectivity index (χ1n) is 4.05. The third-order valence-corrected chi connectivity index (χ3v) is 1.90. The topological polar surface area (TPSA) is 50.4 Å². The lowest BCUT2D eigenvalue weighted by atomic mass is 10.3. The normalized spacial score (nSPS) is 18.4. The molecule has 13 heavy (non-hydrogen) atoms. The minimum absolute atomic E-state index is 0.170. The van der Waals surface area contributed by atoms with Crippen LogP contribution >= 0.6 is 0 Å². The van der Waals surface area contributed by atoms with Crippen LogP contribution in [0.25, 0.3) is 0 Å². The van der Waals surface area contributed by atoms with Crippen molar-refractivity contribution in [1.29, 1.82) is 0 Å². The summed E-state index contributed by atoms with van der Waals surface area (Å²) in [5.41, 5.74) is 0.858. The zero-order valence-corrected chi connectivity index (χ0v) is 7.20. The van der Waals surface area contributed by atoms with Crippen LogP contribution in [0.4, 0.5) is 5.69 Å². The third kappa shape index (κ3) is 1.30. The quantitative estimate of drug-likeness (QED) is 0.660. The van der Waals surface area contributed by atoms with Crippen LogP contribution in [-0.4, -0.2) is 19.2 Å². The average molecular weight is 178 g/mol. The van der Waals surface area contributed by atoms with E-state index in [0.29, 0.717) is 0 Å². The first-order chi connectivity index (χ1) is 6.31. The van der Waals surface area contributed by atoms with E-state index in [9.17, 15) is 4.79 Å². The molecule has 0 aromatic heterocycles. The number of anilines is 1. The molecule has 0 bridgehead atoms. The molecule has 0 fully saturated rings. The number of carbonyl (C=O) groups excluding carboxylic acids is 1. The number of hydrogen-bond acceptors (Lipinski definition) is 3. The molecule has 4 heteroatoms. The molecule has 1 aliphatic rings. The van der Waals surface area contributed by atoms with Gasteiger partial charge in [0.05, 0.1) is 5.69 Å². The fraction of sp³-hybridized carbons (Fsp3) is 0.222. The van der Waals surface area contributed by atoms with Gasteiger partial charge in [0.25, 0.3) is 5.91 Å². The lowest BCUT2D eigenvalue weighted by Gasteiger charge is -2.08. The first-order valence-corrected chi connectivity index (χ1v) is 4.05. The zero-order valence-electron chi connectivity index (χ0n) is 7.20. The number of hydrogen-bond donors (Lipinski definition) is 2. The van der Waals surface area contributed by atoms with Gasteiger partial charge >= 0.3 is 0 Å². The highest BCUT2D eigenvalue weighted by molar-refractivity contribution is 5.85. The maximum atomic E-state index is 11.2. The molecule has 1 aromatic rings. The van der Waals surface area contributed by atoms with Crippen LogP contribution in [0.5, 0.6) is 5.75 Å². The van der Waals surface area contributed by atoms with E-state index in [1.54, 1.807) is 7.05 Å². The van der Waals surface area contributed by atoms with E-state index >= 15 is 0 Å². The standard InChI is InChI=1S/C9H10N2O2/c1-10-8(12)9-11-6-4-2-3-5-7(6)13-9/h2-5,9,11H,1H3,(H,10,12). The Bertz CT molecular complexity index is 313. The second kappa shape index (κ2) is 2.97. The molecular weight excluding hydrogens is 168 g/mol.